The van der Waals surface area contributed by atoms with E-state index in [2.05, 4.69) is 4.98 Å². The third-order valence-electron chi connectivity index (χ3n) is 5.89. The summed E-state index contributed by atoms with van der Waals surface area (Å²) in [6.45, 7) is 6.84. The minimum absolute atomic E-state index is 0.143. The molecular formula is C23H27N3O4. The van der Waals surface area contributed by atoms with Crippen LogP contribution in [0.5, 0.6) is 5.75 Å². The maximum atomic E-state index is 12.8. The van der Waals surface area contributed by atoms with Crippen molar-refractivity contribution in [2.45, 2.75) is 59.2 Å². The van der Waals surface area contributed by atoms with Crippen molar-refractivity contribution < 1.29 is 13.9 Å². The Hall–Kier alpha value is -3.09. The second-order valence-corrected chi connectivity index (χ2v) is 7.85. The molecule has 0 saturated heterocycles. The zero-order valence-electron chi connectivity index (χ0n) is 17.9. The molecule has 0 fully saturated rings. The van der Waals surface area contributed by atoms with Crippen LogP contribution in [-0.4, -0.2) is 33.5 Å². The molecule has 1 unspecified atom stereocenters. The molecule has 30 heavy (non-hydrogen) atoms. The summed E-state index contributed by atoms with van der Waals surface area (Å²) >= 11 is 0. The lowest BCUT2D eigenvalue weighted by atomic mass is 10.0. The van der Waals surface area contributed by atoms with Crippen LogP contribution in [0.4, 0.5) is 0 Å². The van der Waals surface area contributed by atoms with E-state index in [1.165, 1.54) is 0 Å². The molecule has 0 N–H and O–H groups in total. The molecule has 1 atom stereocenters. The molecule has 0 saturated carbocycles. The summed E-state index contributed by atoms with van der Waals surface area (Å²) in [7, 11) is 1.74. The quantitative estimate of drug-likeness (QED) is 0.584. The predicted octanol–water partition coefficient (Wildman–Crippen LogP) is 3.23. The van der Waals surface area contributed by atoms with Gasteiger partial charge in [0.25, 0.3) is 5.91 Å². The van der Waals surface area contributed by atoms with Gasteiger partial charge in [-0.15, -0.1) is 0 Å². The number of hydrogen-bond donors (Lipinski definition) is 0. The first kappa shape index (κ1) is 20.2. The lowest BCUT2D eigenvalue weighted by molar-refractivity contribution is -0.137. The SMILES string of the molecule is CCn1ccnc1CN(C)C(=O)C(C)Oc1ccc2c3c(c(=O)oc2c1C)CCC3. The van der Waals surface area contributed by atoms with Gasteiger partial charge in [-0.3, -0.25) is 4.79 Å². The van der Waals surface area contributed by atoms with E-state index in [1.54, 1.807) is 25.1 Å². The van der Waals surface area contributed by atoms with E-state index in [4.69, 9.17) is 9.15 Å². The first-order valence-corrected chi connectivity index (χ1v) is 10.4. The molecule has 0 aliphatic heterocycles. The van der Waals surface area contributed by atoms with Crippen LogP contribution in [-0.2, 0) is 30.7 Å². The smallest absolute Gasteiger partial charge is 0.339 e. The van der Waals surface area contributed by atoms with Crippen molar-refractivity contribution in [3.63, 3.8) is 0 Å². The number of carbonyl (C=O) groups is 1. The number of amides is 1. The molecule has 2 heterocycles. The minimum atomic E-state index is -0.683. The number of likely N-dealkylation sites (N-methyl/N-ethyl adjacent to an activating group) is 1. The van der Waals surface area contributed by atoms with Crippen LogP contribution in [0.25, 0.3) is 11.0 Å². The largest absolute Gasteiger partial charge is 0.480 e. The van der Waals surface area contributed by atoms with Gasteiger partial charge in [0.2, 0.25) is 0 Å². The molecule has 7 nitrogen and oxygen atoms in total. The Labute approximate surface area is 175 Å². The molecule has 1 aliphatic carbocycles. The summed E-state index contributed by atoms with van der Waals surface area (Å²) in [5.74, 6) is 1.24. The zero-order chi connectivity index (χ0) is 21.4. The Morgan fingerprint density at radius 1 is 1.33 bits per heavy atom. The van der Waals surface area contributed by atoms with Crippen LogP contribution in [0.15, 0.2) is 33.7 Å². The van der Waals surface area contributed by atoms with Crippen LogP contribution in [0.2, 0.25) is 0 Å². The normalized spacial score (nSPS) is 14.0. The highest BCUT2D eigenvalue weighted by atomic mass is 16.5. The molecule has 7 heteroatoms. The lowest BCUT2D eigenvalue weighted by Crippen LogP contribution is -2.38. The Kier molecular flexibility index (Phi) is 5.37. The van der Waals surface area contributed by atoms with Crippen molar-refractivity contribution in [1.29, 1.82) is 0 Å². The van der Waals surface area contributed by atoms with Gasteiger partial charge in [0, 0.05) is 42.5 Å². The number of rotatable bonds is 6. The fourth-order valence-electron chi connectivity index (χ4n) is 4.21. The molecule has 0 spiro atoms. The number of carbonyl (C=O) groups excluding carboxylic acids is 1. The van der Waals surface area contributed by atoms with Gasteiger partial charge >= 0.3 is 5.63 Å². The van der Waals surface area contributed by atoms with E-state index >= 15 is 0 Å². The van der Waals surface area contributed by atoms with Crippen LogP contribution < -0.4 is 10.4 Å². The van der Waals surface area contributed by atoms with E-state index in [0.717, 1.165) is 53.7 Å². The Morgan fingerprint density at radius 3 is 2.87 bits per heavy atom. The Balaban J connectivity index is 1.55. The fraction of sp³-hybridized carbons (Fsp3) is 0.435. The van der Waals surface area contributed by atoms with Crippen molar-refractivity contribution in [3.8, 4) is 5.75 Å². The van der Waals surface area contributed by atoms with Crippen molar-refractivity contribution in [2.75, 3.05) is 7.05 Å². The molecule has 0 radical (unpaired) electrons. The second-order valence-electron chi connectivity index (χ2n) is 7.85. The van der Waals surface area contributed by atoms with Crippen LogP contribution >= 0.6 is 0 Å². The third kappa shape index (κ3) is 3.49. The topological polar surface area (TPSA) is 77.6 Å². The summed E-state index contributed by atoms with van der Waals surface area (Å²) in [4.78, 5) is 31.1. The van der Waals surface area contributed by atoms with Crippen molar-refractivity contribution in [2.24, 2.45) is 0 Å². The predicted molar refractivity (Wildman–Crippen MR) is 114 cm³/mol. The third-order valence-corrected chi connectivity index (χ3v) is 5.89. The average Bonchev–Trinajstić information content (AvgIpc) is 3.39. The van der Waals surface area contributed by atoms with Crippen molar-refractivity contribution in [3.05, 3.63) is 57.5 Å². The zero-order valence-corrected chi connectivity index (χ0v) is 17.9. The van der Waals surface area contributed by atoms with Crippen molar-refractivity contribution in [1.82, 2.24) is 14.5 Å². The second kappa shape index (κ2) is 7.97. The van der Waals surface area contributed by atoms with E-state index in [-0.39, 0.29) is 11.5 Å². The van der Waals surface area contributed by atoms with Gasteiger partial charge in [-0.05, 0) is 57.7 Å². The summed E-state index contributed by atoms with van der Waals surface area (Å²) in [6.07, 6.45) is 5.60. The molecule has 1 amide bonds. The molecule has 1 aliphatic rings. The van der Waals surface area contributed by atoms with Gasteiger partial charge in [-0.1, -0.05) is 0 Å². The summed E-state index contributed by atoms with van der Waals surface area (Å²) in [6, 6.07) is 3.80. The molecule has 4 rings (SSSR count). The van der Waals surface area contributed by atoms with Crippen LogP contribution in [0.1, 0.15) is 42.8 Å². The number of nitrogens with zero attached hydrogens (tertiary/aromatic N) is 3. The van der Waals surface area contributed by atoms with E-state index in [9.17, 15) is 9.59 Å². The highest BCUT2D eigenvalue weighted by Crippen LogP contribution is 2.33. The average molecular weight is 409 g/mol. The monoisotopic (exact) mass is 409 g/mol. The Bertz CT molecular complexity index is 1160. The van der Waals surface area contributed by atoms with E-state index in [1.807, 2.05) is 36.7 Å². The van der Waals surface area contributed by atoms with Crippen molar-refractivity contribution >= 4 is 16.9 Å². The van der Waals surface area contributed by atoms with E-state index < -0.39 is 6.10 Å². The summed E-state index contributed by atoms with van der Waals surface area (Å²) in [5, 5.41) is 0.967. The molecule has 3 aromatic rings. The number of ether oxygens (including phenoxy) is 1. The standard InChI is InChI=1S/C23H27N3O4/c1-5-26-12-11-24-20(26)13-25(4)22(27)15(3)29-19-10-9-17-16-7-6-8-18(16)23(28)30-21(17)14(19)2/h9-12,15H,5-8,13H2,1-4H3. The lowest BCUT2D eigenvalue weighted by Gasteiger charge is -2.23. The number of benzene rings is 1. The molecule has 1 aromatic carbocycles. The number of fused-ring (bicyclic) bond motifs is 3. The van der Waals surface area contributed by atoms with Gasteiger partial charge in [-0.2, -0.15) is 0 Å². The highest BCUT2D eigenvalue weighted by molar-refractivity contribution is 5.86. The maximum absolute atomic E-state index is 12.8. The molecule has 158 valence electrons. The highest BCUT2D eigenvalue weighted by Gasteiger charge is 2.24. The number of aromatic nitrogens is 2. The van der Waals surface area contributed by atoms with Gasteiger partial charge in [0.1, 0.15) is 17.2 Å². The van der Waals surface area contributed by atoms with Crippen LogP contribution in [0.3, 0.4) is 0 Å². The number of imidazole rings is 1. The first-order chi connectivity index (χ1) is 14.4. The minimum Gasteiger partial charge on any atom is -0.480 e. The molecule has 2 aromatic heterocycles. The Morgan fingerprint density at radius 2 is 2.10 bits per heavy atom. The number of hydrogen-bond acceptors (Lipinski definition) is 5. The van der Waals surface area contributed by atoms with E-state index in [0.29, 0.717) is 17.9 Å². The maximum Gasteiger partial charge on any atom is 0.339 e. The van der Waals surface area contributed by atoms with Gasteiger partial charge in [0.15, 0.2) is 6.10 Å². The summed E-state index contributed by atoms with van der Waals surface area (Å²) < 4.78 is 13.6. The van der Waals surface area contributed by atoms with Gasteiger partial charge in [0.05, 0.1) is 6.54 Å². The van der Waals surface area contributed by atoms with Gasteiger partial charge < -0.3 is 18.6 Å². The number of aryl methyl sites for hydroxylation is 3. The summed E-state index contributed by atoms with van der Waals surface area (Å²) in [5.41, 5.74) is 2.92. The van der Waals surface area contributed by atoms with Crippen LogP contribution in [0, 0.1) is 6.92 Å². The fourth-order valence-corrected chi connectivity index (χ4v) is 4.21. The first-order valence-electron chi connectivity index (χ1n) is 10.4. The molecular weight excluding hydrogens is 382 g/mol. The van der Waals surface area contributed by atoms with Gasteiger partial charge in [-0.25, -0.2) is 9.78 Å². The molecule has 0 bridgehead atoms.